The molecule has 14 heavy (non-hydrogen) atoms. The summed E-state index contributed by atoms with van der Waals surface area (Å²) in [4.78, 5) is 2.92. The third kappa shape index (κ3) is 2.54. The maximum absolute atomic E-state index is 12.1. The predicted octanol–water partition coefficient (Wildman–Crippen LogP) is 2.70. The zero-order valence-electron chi connectivity index (χ0n) is 6.55. The summed E-state index contributed by atoms with van der Waals surface area (Å²) < 4.78 is 63.3. The molecule has 0 saturated heterocycles. The van der Waals surface area contributed by atoms with Crippen LogP contribution in [0, 0.1) is 0 Å². The fourth-order valence-corrected chi connectivity index (χ4v) is 0.795. The second-order valence-corrected chi connectivity index (χ2v) is 2.23. The first-order valence-corrected chi connectivity index (χ1v) is 3.38. The second kappa shape index (κ2) is 3.77. The van der Waals surface area contributed by atoms with E-state index in [2.05, 4.69) is 9.72 Å². The van der Waals surface area contributed by atoms with E-state index in [9.17, 15) is 22.0 Å². The van der Waals surface area contributed by atoms with Gasteiger partial charge in [-0.2, -0.15) is 22.0 Å². The first-order chi connectivity index (χ1) is 6.41. The SMILES string of the molecule is FC(F)Oc1cccnc1C(F)(F)F. The van der Waals surface area contributed by atoms with Gasteiger partial charge < -0.3 is 4.74 Å². The molecule has 1 aromatic rings. The average Bonchev–Trinajstić information content (AvgIpc) is 2.01. The molecule has 0 amide bonds. The molecule has 0 unspecified atom stereocenters. The summed E-state index contributed by atoms with van der Waals surface area (Å²) >= 11 is 0. The Morgan fingerprint density at radius 1 is 1.29 bits per heavy atom. The second-order valence-electron chi connectivity index (χ2n) is 2.23. The molecule has 0 aliphatic carbocycles. The highest BCUT2D eigenvalue weighted by Crippen LogP contribution is 2.34. The third-order valence-corrected chi connectivity index (χ3v) is 1.26. The molecule has 0 aliphatic heterocycles. The smallest absolute Gasteiger partial charge is 0.433 e. The lowest BCUT2D eigenvalue weighted by molar-refractivity contribution is -0.145. The lowest BCUT2D eigenvalue weighted by Gasteiger charge is -2.11. The number of ether oxygens (including phenoxy) is 1. The molecule has 0 saturated carbocycles. The number of rotatable bonds is 2. The number of nitrogens with zero attached hydrogens (tertiary/aromatic N) is 1. The highest BCUT2D eigenvalue weighted by Gasteiger charge is 2.36. The Bertz CT molecular complexity index is 311. The summed E-state index contributed by atoms with van der Waals surface area (Å²) in [7, 11) is 0. The van der Waals surface area contributed by atoms with Crippen molar-refractivity contribution in [3.8, 4) is 5.75 Å². The van der Waals surface area contributed by atoms with Crippen molar-refractivity contribution < 1.29 is 26.7 Å². The van der Waals surface area contributed by atoms with E-state index in [1.165, 1.54) is 0 Å². The quantitative estimate of drug-likeness (QED) is 0.704. The van der Waals surface area contributed by atoms with Crippen LogP contribution in [0.15, 0.2) is 18.3 Å². The van der Waals surface area contributed by atoms with E-state index in [4.69, 9.17) is 0 Å². The van der Waals surface area contributed by atoms with E-state index in [-0.39, 0.29) is 0 Å². The Morgan fingerprint density at radius 2 is 1.93 bits per heavy atom. The zero-order chi connectivity index (χ0) is 10.8. The van der Waals surface area contributed by atoms with Crippen molar-refractivity contribution in [3.63, 3.8) is 0 Å². The Morgan fingerprint density at radius 3 is 2.43 bits per heavy atom. The predicted molar refractivity (Wildman–Crippen MR) is 35.9 cm³/mol. The van der Waals surface area contributed by atoms with Crippen LogP contribution in [0.4, 0.5) is 22.0 Å². The molecule has 0 N–H and O–H groups in total. The summed E-state index contributed by atoms with van der Waals surface area (Å²) in [6, 6.07) is 1.86. The van der Waals surface area contributed by atoms with Crippen LogP contribution in [-0.4, -0.2) is 11.6 Å². The van der Waals surface area contributed by atoms with E-state index in [0.29, 0.717) is 0 Å². The molecule has 2 nitrogen and oxygen atoms in total. The largest absolute Gasteiger partial charge is 0.437 e. The van der Waals surface area contributed by atoms with Crippen LogP contribution >= 0.6 is 0 Å². The highest BCUT2D eigenvalue weighted by atomic mass is 19.4. The number of hydrogen-bond acceptors (Lipinski definition) is 2. The van der Waals surface area contributed by atoms with Gasteiger partial charge in [0.15, 0.2) is 11.4 Å². The average molecular weight is 213 g/mol. The van der Waals surface area contributed by atoms with Gasteiger partial charge in [0.1, 0.15) is 0 Å². The van der Waals surface area contributed by atoms with Crippen LogP contribution in [0.3, 0.4) is 0 Å². The minimum absolute atomic E-state index is 0.780. The van der Waals surface area contributed by atoms with Crippen molar-refractivity contribution in [3.05, 3.63) is 24.0 Å². The normalized spacial score (nSPS) is 11.9. The molecule has 1 heterocycles. The van der Waals surface area contributed by atoms with E-state index < -0.39 is 24.2 Å². The van der Waals surface area contributed by atoms with E-state index in [1.807, 2.05) is 0 Å². The lowest BCUT2D eigenvalue weighted by atomic mass is 10.3. The van der Waals surface area contributed by atoms with Gasteiger partial charge in [0.2, 0.25) is 0 Å². The summed E-state index contributed by atoms with van der Waals surface area (Å²) in [6.07, 6.45) is -3.95. The molecule has 7 heteroatoms. The number of aromatic nitrogens is 1. The van der Waals surface area contributed by atoms with Gasteiger partial charge in [-0.15, -0.1) is 0 Å². The van der Waals surface area contributed by atoms with Crippen molar-refractivity contribution >= 4 is 0 Å². The Hall–Kier alpha value is -1.40. The molecule has 0 atom stereocenters. The van der Waals surface area contributed by atoms with E-state index >= 15 is 0 Å². The van der Waals surface area contributed by atoms with Crippen molar-refractivity contribution in [2.75, 3.05) is 0 Å². The first-order valence-electron chi connectivity index (χ1n) is 3.38. The molecule has 0 radical (unpaired) electrons. The Balaban J connectivity index is 3.04. The molecule has 0 aromatic carbocycles. The topological polar surface area (TPSA) is 22.1 Å². The van der Waals surface area contributed by atoms with Gasteiger partial charge in [-0.05, 0) is 12.1 Å². The highest BCUT2D eigenvalue weighted by molar-refractivity contribution is 5.29. The summed E-state index contributed by atoms with van der Waals surface area (Å²) in [5.74, 6) is -0.977. The number of pyridine rings is 1. The summed E-state index contributed by atoms with van der Waals surface area (Å²) in [5.41, 5.74) is -1.46. The Kier molecular flexibility index (Phi) is 2.87. The zero-order valence-corrected chi connectivity index (χ0v) is 6.55. The van der Waals surface area contributed by atoms with Gasteiger partial charge in [-0.25, -0.2) is 4.98 Å². The van der Waals surface area contributed by atoms with Gasteiger partial charge in [0, 0.05) is 6.20 Å². The number of halogens is 5. The van der Waals surface area contributed by atoms with E-state index in [0.717, 1.165) is 18.3 Å². The number of alkyl halides is 5. The van der Waals surface area contributed by atoms with Gasteiger partial charge in [0.25, 0.3) is 0 Å². The summed E-state index contributed by atoms with van der Waals surface area (Å²) in [6.45, 7) is -3.31. The molecule has 1 aromatic heterocycles. The van der Waals surface area contributed by atoms with Gasteiger partial charge in [0.05, 0.1) is 0 Å². The summed E-state index contributed by atoms with van der Waals surface area (Å²) in [5, 5.41) is 0. The van der Waals surface area contributed by atoms with Crippen LogP contribution in [0.25, 0.3) is 0 Å². The maximum atomic E-state index is 12.1. The molecule has 1 rings (SSSR count). The fraction of sp³-hybridized carbons (Fsp3) is 0.286. The monoisotopic (exact) mass is 213 g/mol. The van der Waals surface area contributed by atoms with Crippen molar-refractivity contribution in [1.82, 2.24) is 4.98 Å². The third-order valence-electron chi connectivity index (χ3n) is 1.26. The van der Waals surface area contributed by atoms with Crippen LogP contribution in [-0.2, 0) is 6.18 Å². The first kappa shape index (κ1) is 10.7. The number of hydrogen-bond donors (Lipinski definition) is 0. The molecular weight excluding hydrogens is 209 g/mol. The Labute approximate surface area is 75.3 Å². The molecule has 0 bridgehead atoms. The molecular formula is C7H4F5NO. The fourth-order valence-electron chi connectivity index (χ4n) is 0.795. The van der Waals surface area contributed by atoms with Crippen LogP contribution in [0.2, 0.25) is 0 Å². The standard InChI is InChI=1S/C7H4F5NO/c8-6(9)14-4-2-1-3-13-5(4)7(10,11)12/h1-3,6H. The van der Waals surface area contributed by atoms with Crippen LogP contribution < -0.4 is 4.74 Å². The van der Waals surface area contributed by atoms with Crippen molar-refractivity contribution in [2.45, 2.75) is 12.8 Å². The van der Waals surface area contributed by atoms with Gasteiger partial charge in [-0.3, -0.25) is 0 Å². The van der Waals surface area contributed by atoms with Crippen LogP contribution in [0.1, 0.15) is 5.69 Å². The minimum Gasteiger partial charge on any atom is -0.433 e. The van der Waals surface area contributed by atoms with E-state index in [1.54, 1.807) is 0 Å². The minimum atomic E-state index is -4.80. The molecule has 0 spiro atoms. The van der Waals surface area contributed by atoms with Crippen molar-refractivity contribution in [2.24, 2.45) is 0 Å². The maximum Gasteiger partial charge on any atom is 0.437 e. The molecule has 0 fully saturated rings. The lowest BCUT2D eigenvalue weighted by Crippen LogP contribution is -2.13. The van der Waals surface area contributed by atoms with Crippen LogP contribution in [0.5, 0.6) is 5.75 Å². The molecule has 0 aliphatic rings. The molecule has 78 valence electrons. The van der Waals surface area contributed by atoms with Gasteiger partial charge in [-0.1, -0.05) is 0 Å². The van der Waals surface area contributed by atoms with Gasteiger partial charge >= 0.3 is 12.8 Å². The van der Waals surface area contributed by atoms with Crippen molar-refractivity contribution in [1.29, 1.82) is 0 Å².